The summed E-state index contributed by atoms with van der Waals surface area (Å²) in [6, 6.07) is 3.82. The molecule has 0 saturated carbocycles. The van der Waals surface area contributed by atoms with Crippen molar-refractivity contribution < 1.29 is 18.3 Å². The monoisotopic (exact) mass is 314 g/mol. The first-order chi connectivity index (χ1) is 10.5. The number of hydrogen-bond donors (Lipinski definition) is 2. The van der Waals surface area contributed by atoms with Crippen molar-refractivity contribution in [1.82, 2.24) is 14.8 Å². The SMILES string of the molecule is OCCCCCNc1ccn(-c2ncccc2C(F)(F)F)n1. The molecule has 120 valence electrons. The molecular formula is C14H17F3N4O. The van der Waals surface area contributed by atoms with Gasteiger partial charge in [0.15, 0.2) is 5.82 Å². The summed E-state index contributed by atoms with van der Waals surface area (Å²) in [6.45, 7) is 0.805. The van der Waals surface area contributed by atoms with E-state index < -0.39 is 11.7 Å². The van der Waals surface area contributed by atoms with Gasteiger partial charge in [-0.3, -0.25) is 0 Å². The molecule has 0 aliphatic rings. The van der Waals surface area contributed by atoms with E-state index in [0.29, 0.717) is 12.4 Å². The number of alkyl halides is 3. The van der Waals surface area contributed by atoms with Crippen molar-refractivity contribution in [3.8, 4) is 5.82 Å². The Bertz CT molecular complexity index is 598. The summed E-state index contributed by atoms with van der Waals surface area (Å²) in [5.74, 6) is 0.242. The number of aliphatic hydroxyl groups is 1. The number of aliphatic hydroxyl groups excluding tert-OH is 1. The fourth-order valence-corrected chi connectivity index (χ4v) is 1.97. The third-order valence-electron chi connectivity index (χ3n) is 3.04. The summed E-state index contributed by atoms with van der Waals surface area (Å²) in [6.07, 6.45) is 0.724. The molecule has 0 aliphatic carbocycles. The molecule has 0 spiro atoms. The van der Waals surface area contributed by atoms with Gasteiger partial charge >= 0.3 is 6.18 Å². The van der Waals surface area contributed by atoms with Gasteiger partial charge in [-0.1, -0.05) is 0 Å². The van der Waals surface area contributed by atoms with Crippen LogP contribution in [0, 0.1) is 0 Å². The minimum absolute atomic E-state index is 0.161. The van der Waals surface area contributed by atoms with Gasteiger partial charge < -0.3 is 10.4 Å². The van der Waals surface area contributed by atoms with Crippen LogP contribution in [0.2, 0.25) is 0 Å². The van der Waals surface area contributed by atoms with Crippen molar-refractivity contribution in [3.05, 3.63) is 36.2 Å². The van der Waals surface area contributed by atoms with Gasteiger partial charge in [-0.05, 0) is 31.4 Å². The van der Waals surface area contributed by atoms with Crippen molar-refractivity contribution in [2.45, 2.75) is 25.4 Å². The van der Waals surface area contributed by atoms with E-state index in [4.69, 9.17) is 5.11 Å². The predicted octanol–water partition coefficient (Wildman–Crippen LogP) is 2.86. The summed E-state index contributed by atoms with van der Waals surface area (Å²) >= 11 is 0. The number of halogens is 3. The average Bonchev–Trinajstić information content (AvgIpc) is 2.95. The Morgan fingerprint density at radius 2 is 2.00 bits per heavy atom. The highest BCUT2D eigenvalue weighted by atomic mass is 19.4. The van der Waals surface area contributed by atoms with Crippen molar-refractivity contribution in [3.63, 3.8) is 0 Å². The highest BCUT2D eigenvalue weighted by molar-refractivity contribution is 5.39. The number of aromatic nitrogens is 3. The first-order valence-electron chi connectivity index (χ1n) is 6.95. The van der Waals surface area contributed by atoms with Crippen LogP contribution in [0.5, 0.6) is 0 Å². The van der Waals surface area contributed by atoms with Gasteiger partial charge in [-0.2, -0.15) is 13.2 Å². The first-order valence-corrected chi connectivity index (χ1v) is 6.95. The molecule has 2 heterocycles. The lowest BCUT2D eigenvalue weighted by Gasteiger charge is -2.11. The van der Waals surface area contributed by atoms with Gasteiger partial charge in [-0.15, -0.1) is 5.10 Å². The summed E-state index contributed by atoms with van der Waals surface area (Å²) < 4.78 is 39.9. The zero-order valence-corrected chi connectivity index (χ0v) is 11.8. The van der Waals surface area contributed by atoms with E-state index in [2.05, 4.69) is 15.4 Å². The molecule has 0 aromatic carbocycles. The number of pyridine rings is 1. The van der Waals surface area contributed by atoms with Gasteiger partial charge in [0, 0.05) is 31.6 Å². The lowest BCUT2D eigenvalue weighted by Crippen LogP contribution is -2.13. The molecule has 2 aromatic rings. The molecule has 22 heavy (non-hydrogen) atoms. The Labute approximate surface area is 125 Å². The third-order valence-corrected chi connectivity index (χ3v) is 3.04. The molecule has 0 amide bonds. The maximum atomic E-state index is 12.9. The van der Waals surface area contributed by atoms with E-state index in [1.165, 1.54) is 18.5 Å². The number of unbranched alkanes of at least 4 members (excludes halogenated alkanes) is 2. The third kappa shape index (κ3) is 4.20. The van der Waals surface area contributed by atoms with Crippen LogP contribution in [0.15, 0.2) is 30.6 Å². The number of rotatable bonds is 7. The van der Waals surface area contributed by atoms with E-state index in [-0.39, 0.29) is 12.4 Å². The van der Waals surface area contributed by atoms with E-state index in [0.717, 1.165) is 30.0 Å². The molecule has 2 aromatic heterocycles. The fraction of sp³-hybridized carbons (Fsp3) is 0.429. The Morgan fingerprint density at radius 3 is 2.73 bits per heavy atom. The zero-order valence-electron chi connectivity index (χ0n) is 11.8. The topological polar surface area (TPSA) is 63.0 Å². The summed E-state index contributed by atoms with van der Waals surface area (Å²) in [4.78, 5) is 3.77. The number of anilines is 1. The van der Waals surface area contributed by atoms with E-state index in [1.54, 1.807) is 6.07 Å². The molecule has 8 heteroatoms. The van der Waals surface area contributed by atoms with Crippen LogP contribution in [0.3, 0.4) is 0 Å². The summed E-state index contributed by atoms with van der Waals surface area (Å²) in [5, 5.41) is 15.8. The standard InChI is InChI=1S/C14H17F3N4O/c15-14(16,17)11-5-4-8-19-13(11)21-9-6-12(20-21)18-7-2-1-3-10-22/h4-6,8-9,22H,1-3,7,10H2,(H,18,20). The van der Waals surface area contributed by atoms with Crippen molar-refractivity contribution >= 4 is 5.82 Å². The number of hydrogen-bond acceptors (Lipinski definition) is 4. The second kappa shape index (κ2) is 7.26. The zero-order chi connectivity index (χ0) is 16.0. The maximum absolute atomic E-state index is 12.9. The van der Waals surface area contributed by atoms with Crippen LogP contribution in [-0.4, -0.2) is 33.0 Å². The highest BCUT2D eigenvalue weighted by Crippen LogP contribution is 2.32. The molecule has 0 saturated heterocycles. The van der Waals surface area contributed by atoms with Crippen LogP contribution in [0.1, 0.15) is 24.8 Å². The van der Waals surface area contributed by atoms with Crippen molar-refractivity contribution in [2.24, 2.45) is 0 Å². The van der Waals surface area contributed by atoms with Crippen LogP contribution in [0.25, 0.3) is 5.82 Å². The lowest BCUT2D eigenvalue weighted by atomic mass is 10.2. The molecule has 0 fully saturated rings. The van der Waals surface area contributed by atoms with Gasteiger partial charge in [0.05, 0.1) is 0 Å². The normalized spacial score (nSPS) is 11.6. The summed E-state index contributed by atoms with van der Waals surface area (Å²) in [5.41, 5.74) is -0.826. The molecule has 0 radical (unpaired) electrons. The van der Waals surface area contributed by atoms with Gasteiger partial charge in [-0.25, -0.2) is 9.67 Å². The molecule has 5 nitrogen and oxygen atoms in total. The molecule has 0 aliphatic heterocycles. The second-order valence-corrected chi connectivity index (χ2v) is 4.73. The van der Waals surface area contributed by atoms with Crippen LogP contribution in [0.4, 0.5) is 19.0 Å². The van der Waals surface area contributed by atoms with Crippen LogP contribution >= 0.6 is 0 Å². The molecule has 0 unspecified atom stereocenters. The molecular weight excluding hydrogens is 297 g/mol. The number of nitrogens with one attached hydrogen (secondary N) is 1. The smallest absolute Gasteiger partial charge is 0.396 e. The van der Waals surface area contributed by atoms with E-state index in [9.17, 15) is 13.2 Å². The average molecular weight is 314 g/mol. The minimum Gasteiger partial charge on any atom is -0.396 e. The van der Waals surface area contributed by atoms with E-state index in [1.807, 2.05) is 0 Å². The Kier molecular flexibility index (Phi) is 5.37. The van der Waals surface area contributed by atoms with Crippen LogP contribution in [-0.2, 0) is 6.18 Å². The maximum Gasteiger partial charge on any atom is 0.420 e. The van der Waals surface area contributed by atoms with Gasteiger partial charge in [0.25, 0.3) is 0 Å². The summed E-state index contributed by atoms with van der Waals surface area (Å²) in [7, 11) is 0. The molecule has 2 rings (SSSR count). The molecule has 2 N–H and O–H groups in total. The largest absolute Gasteiger partial charge is 0.420 e. The highest BCUT2D eigenvalue weighted by Gasteiger charge is 2.34. The molecule has 0 atom stereocenters. The van der Waals surface area contributed by atoms with Gasteiger partial charge in [0.2, 0.25) is 0 Å². The quantitative estimate of drug-likeness (QED) is 0.771. The lowest BCUT2D eigenvalue weighted by molar-refractivity contribution is -0.137. The first kappa shape index (κ1) is 16.3. The number of nitrogens with zero attached hydrogens (tertiary/aromatic N) is 3. The van der Waals surface area contributed by atoms with Gasteiger partial charge in [0.1, 0.15) is 11.4 Å². The Morgan fingerprint density at radius 1 is 1.18 bits per heavy atom. The predicted molar refractivity (Wildman–Crippen MR) is 75.8 cm³/mol. The fourth-order valence-electron chi connectivity index (χ4n) is 1.97. The Hall–Kier alpha value is -2.09. The van der Waals surface area contributed by atoms with Crippen molar-refractivity contribution in [1.29, 1.82) is 0 Å². The Balaban J connectivity index is 2.06. The minimum atomic E-state index is -4.48. The second-order valence-electron chi connectivity index (χ2n) is 4.73. The van der Waals surface area contributed by atoms with E-state index >= 15 is 0 Å². The van der Waals surface area contributed by atoms with Crippen LogP contribution < -0.4 is 5.32 Å². The van der Waals surface area contributed by atoms with Crippen molar-refractivity contribution in [2.75, 3.05) is 18.5 Å². The molecule has 0 bridgehead atoms.